The molecule has 194 valence electrons. The van der Waals surface area contributed by atoms with Crippen molar-refractivity contribution in [3.05, 3.63) is 18.2 Å². The van der Waals surface area contributed by atoms with E-state index in [1.165, 1.54) is 141 Å². The van der Waals surface area contributed by atoms with Crippen molar-refractivity contribution >= 4 is 0 Å². The lowest BCUT2D eigenvalue weighted by Gasteiger charge is -2.14. The van der Waals surface area contributed by atoms with Crippen LogP contribution in [-0.2, 0) is 6.54 Å². The summed E-state index contributed by atoms with van der Waals surface area (Å²) < 4.78 is 5.15. The second-order valence-electron chi connectivity index (χ2n) is 11.1. The van der Waals surface area contributed by atoms with Crippen LogP contribution in [0.5, 0.6) is 0 Å². The van der Waals surface area contributed by atoms with Crippen molar-refractivity contribution in [3.63, 3.8) is 0 Å². The quantitative estimate of drug-likeness (QED) is 0.113. The Morgan fingerprint density at radius 1 is 0.606 bits per heavy atom. The Labute approximate surface area is 208 Å². The van der Waals surface area contributed by atoms with Gasteiger partial charge in [0.1, 0.15) is 12.4 Å². The molecule has 0 bridgehead atoms. The van der Waals surface area contributed by atoms with Crippen LogP contribution in [0.2, 0.25) is 0 Å². The fraction of sp³-hybridized carbons (Fsp3) is 0.903. The predicted octanol–water partition coefficient (Wildman–Crippen LogP) is 10.3. The Bertz CT molecular complexity index is 545. The number of hydrogen-bond acceptors (Lipinski definition) is 0. The Morgan fingerprint density at radius 2 is 1.03 bits per heavy atom. The average Bonchev–Trinajstić information content (AvgIpc) is 3.23. The van der Waals surface area contributed by atoms with Crippen LogP contribution in [0, 0.1) is 0 Å². The molecule has 0 saturated carbocycles. The van der Waals surface area contributed by atoms with E-state index in [4.69, 9.17) is 0 Å². The molecule has 0 fully saturated rings. The zero-order chi connectivity index (χ0) is 24.2. The second-order valence-corrected chi connectivity index (χ2v) is 11.1. The monoisotopic (exact) mass is 461 g/mol. The van der Waals surface area contributed by atoms with Crippen molar-refractivity contribution in [3.8, 4) is 0 Å². The van der Waals surface area contributed by atoms with E-state index >= 15 is 0 Å². The SMILES string of the molecule is CCCCCCCCCCCC[n+]1ccn(C(C)CCCCCCCCCCC)c1C(C)C. The number of unbranched alkanes of at least 4 members (excludes halogenated alkanes) is 17. The molecular weight excluding hydrogens is 400 g/mol. The summed E-state index contributed by atoms with van der Waals surface area (Å²) in [7, 11) is 0. The van der Waals surface area contributed by atoms with E-state index in [-0.39, 0.29) is 0 Å². The summed E-state index contributed by atoms with van der Waals surface area (Å²) in [6.45, 7) is 13.0. The third-order valence-electron chi connectivity index (χ3n) is 7.44. The van der Waals surface area contributed by atoms with Gasteiger partial charge in [-0.3, -0.25) is 0 Å². The standard InChI is InChI=1S/C31H61N2/c1-6-8-10-12-14-16-18-20-22-24-26-32-27-28-33(31(32)29(3)4)30(5)25-23-21-19-17-15-13-11-9-7-2/h27-30H,6-26H2,1-5H3/q+1. The molecule has 0 spiro atoms. The fourth-order valence-corrected chi connectivity index (χ4v) is 5.30. The van der Waals surface area contributed by atoms with E-state index in [1.807, 2.05) is 0 Å². The van der Waals surface area contributed by atoms with Crippen molar-refractivity contribution in [1.29, 1.82) is 0 Å². The minimum absolute atomic E-state index is 0.591. The molecule has 0 saturated heterocycles. The molecule has 1 rings (SSSR count). The number of imidazole rings is 1. The van der Waals surface area contributed by atoms with E-state index < -0.39 is 0 Å². The van der Waals surface area contributed by atoms with Crippen LogP contribution < -0.4 is 4.57 Å². The van der Waals surface area contributed by atoms with Gasteiger partial charge in [-0.2, -0.15) is 0 Å². The molecule has 2 nitrogen and oxygen atoms in total. The van der Waals surface area contributed by atoms with Crippen molar-refractivity contribution in [2.24, 2.45) is 0 Å². The van der Waals surface area contributed by atoms with Crippen LogP contribution in [0.4, 0.5) is 0 Å². The predicted molar refractivity (Wildman–Crippen MR) is 147 cm³/mol. The number of nitrogens with zero attached hydrogens (tertiary/aromatic N) is 2. The van der Waals surface area contributed by atoms with Gasteiger partial charge in [0.05, 0.1) is 18.5 Å². The van der Waals surface area contributed by atoms with Gasteiger partial charge in [0, 0.05) is 0 Å². The lowest BCUT2D eigenvalue weighted by atomic mass is 10.0. The number of rotatable bonds is 23. The fourth-order valence-electron chi connectivity index (χ4n) is 5.30. The summed E-state index contributed by atoms with van der Waals surface area (Å²) in [6, 6.07) is 0.626. The lowest BCUT2D eigenvalue weighted by molar-refractivity contribution is -0.705. The van der Waals surface area contributed by atoms with Gasteiger partial charge < -0.3 is 0 Å². The lowest BCUT2D eigenvalue weighted by Crippen LogP contribution is -2.38. The summed E-state index contributed by atoms with van der Waals surface area (Å²) in [6.07, 6.45) is 33.0. The molecule has 1 aromatic heterocycles. The Morgan fingerprint density at radius 3 is 1.48 bits per heavy atom. The highest BCUT2D eigenvalue weighted by molar-refractivity contribution is 4.92. The summed E-state index contributed by atoms with van der Waals surface area (Å²) >= 11 is 0. The van der Waals surface area contributed by atoms with E-state index in [2.05, 4.69) is 56.1 Å². The highest BCUT2D eigenvalue weighted by atomic mass is 15.2. The number of hydrogen-bond donors (Lipinski definition) is 0. The first-order valence-electron chi connectivity index (χ1n) is 15.2. The molecule has 0 aliphatic carbocycles. The molecule has 1 aromatic rings. The molecular formula is C31H61N2+. The van der Waals surface area contributed by atoms with Gasteiger partial charge >= 0.3 is 0 Å². The zero-order valence-corrected chi connectivity index (χ0v) is 23.6. The van der Waals surface area contributed by atoms with Crippen LogP contribution in [0.3, 0.4) is 0 Å². The maximum absolute atomic E-state index is 2.59. The van der Waals surface area contributed by atoms with Crippen LogP contribution in [-0.4, -0.2) is 4.57 Å². The minimum atomic E-state index is 0.591. The van der Waals surface area contributed by atoms with Crippen LogP contribution in [0.25, 0.3) is 0 Å². The van der Waals surface area contributed by atoms with Crippen molar-refractivity contribution in [1.82, 2.24) is 4.57 Å². The van der Waals surface area contributed by atoms with Gasteiger partial charge in [-0.1, -0.05) is 130 Å². The van der Waals surface area contributed by atoms with Gasteiger partial charge in [-0.25, -0.2) is 9.13 Å². The third-order valence-corrected chi connectivity index (χ3v) is 7.44. The van der Waals surface area contributed by atoms with Gasteiger partial charge in [-0.15, -0.1) is 0 Å². The first-order valence-corrected chi connectivity index (χ1v) is 15.2. The normalized spacial score (nSPS) is 12.7. The van der Waals surface area contributed by atoms with Crippen LogP contribution in [0.15, 0.2) is 12.4 Å². The summed E-state index contributed by atoms with van der Waals surface area (Å²) in [5.41, 5.74) is 0. The van der Waals surface area contributed by atoms with Gasteiger partial charge in [-0.05, 0) is 32.6 Å². The smallest absolute Gasteiger partial charge is 0.234 e. The summed E-state index contributed by atoms with van der Waals surface area (Å²) in [5.74, 6) is 2.13. The summed E-state index contributed by atoms with van der Waals surface area (Å²) in [4.78, 5) is 0. The van der Waals surface area contributed by atoms with Crippen LogP contribution >= 0.6 is 0 Å². The molecule has 0 radical (unpaired) electrons. The van der Waals surface area contributed by atoms with Crippen molar-refractivity contribution in [2.75, 3.05) is 0 Å². The number of aromatic nitrogens is 2. The molecule has 1 atom stereocenters. The summed E-state index contributed by atoms with van der Waals surface area (Å²) in [5, 5.41) is 0. The first-order chi connectivity index (χ1) is 16.1. The average molecular weight is 462 g/mol. The maximum Gasteiger partial charge on any atom is 0.259 e. The molecule has 0 aromatic carbocycles. The Balaban J connectivity index is 2.24. The zero-order valence-electron chi connectivity index (χ0n) is 23.6. The second kappa shape index (κ2) is 20.6. The Hall–Kier alpha value is -0.790. The number of aryl methyl sites for hydroxylation is 1. The molecule has 33 heavy (non-hydrogen) atoms. The topological polar surface area (TPSA) is 8.81 Å². The van der Waals surface area contributed by atoms with E-state index in [0.29, 0.717) is 12.0 Å². The molecule has 1 heterocycles. The minimum Gasteiger partial charge on any atom is -0.234 e. The highest BCUT2D eigenvalue weighted by Crippen LogP contribution is 2.22. The van der Waals surface area contributed by atoms with E-state index in [1.54, 1.807) is 0 Å². The van der Waals surface area contributed by atoms with Gasteiger partial charge in [0.2, 0.25) is 0 Å². The Kier molecular flexibility index (Phi) is 18.9. The molecule has 0 amide bonds. The van der Waals surface area contributed by atoms with Crippen molar-refractivity contribution in [2.45, 2.75) is 182 Å². The van der Waals surface area contributed by atoms with Gasteiger partial charge in [0.25, 0.3) is 5.82 Å². The van der Waals surface area contributed by atoms with Crippen LogP contribution in [0.1, 0.15) is 181 Å². The van der Waals surface area contributed by atoms with Crippen molar-refractivity contribution < 1.29 is 4.57 Å². The largest absolute Gasteiger partial charge is 0.259 e. The molecule has 1 unspecified atom stereocenters. The molecule has 0 aliphatic heterocycles. The van der Waals surface area contributed by atoms with E-state index in [0.717, 1.165) is 0 Å². The molecule has 2 heteroatoms. The first kappa shape index (κ1) is 30.2. The van der Waals surface area contributed by atoms with Gasteiger partial charge in [0.15, 0.2) is 0 Å². The molecule has 0 N–H and O–H groups in total. The maximum atomic E-state index is 2.59. The van der Waals surface area contributed by atoms with E-state index in [9.17, 15) is 0 Å². The third kappa shape index (κ3) is 14.3. The highest BCUT2D eigenvalue weighted by Gasteiger charge is 2.23. The molecule has 0 aliphatic rings.